The molecule has 0 spiro atoms. The molecule has 29 heavy (non-hydrogen) atoms. The molecule has 0 aliphatic carbocycles. The maximum absolute atomic E-state index is 12.8. The van der Waals surface area contributed by atoms with E-state index in [0.717, 1.165) is 22.5 Å². The van der Waals surface area contributed by atoms with Gasteiger partial charge in [0.15, 0.2) is 0 Å². The van der Waals surface area contributed by atoms with Gasteiger partial charge in [-0.25, -0.2) is 0 Å². The molecule has 0 fully saturated rings. The molecular formula is C24H33N3O2. The van der Waals surface area contributed by atoms with Crippen molar-refractivity contribution >= 4 is 23.2 Å². The van der Waals surface area contributed by atoms with Gasteiger partial charge in [-0.2, -0.15) is 0 Å². The van der Waals surface area contributed by atoms with Gasteiger partial charge in [-0.15, -0.1) is 0 Å². The normalized spacial score (nSPS) is 11.8. The van der Waals surface area contributed by atoms with Crippen LogP contribution in [0.4, 0.5) is 11.4 Å². The summed E-state index contributed by atoms with van der Waals surface area (Å²) >= 11 is 0. The van der Waals surface area contributed by atoms with Crippen molar-refractivity contribution < 1.29 is 9.59 Å². The first-order valence-electron chi connectivity index (χ1n) is 10.2. The first-order chi connectivity index (χ1) is 13.7. The number of anilines is 2. The van der Waals surface area contributed by atoms with Gasteiger partial charge < -0.3 is 15.1 Å². The van der Waals surface area contributed by atoms with Crippen molar-refractivity contribution in [3.8, 4) is 0 Å². The van der Waals surface area contributed by atoms with Crippen LogP contribution in [0.3, 0.4) is 0 Å². The molecule has 0 heterocycles. The second-order valence-electron chi connectivity index (χ2n) is 7.84. The topological polar surface area (TPSA) is 52.7 Å². The van der Waals surface area contributed by atoms with Crippen molar-refractivity contribution in [2.45, 2.75) is 46.7 Å². The van der Waals surface area contributed by atoms with E-state index >= 15 is 0 Å². The molecule has 2 aromatic carbocycles. The van der Waals surface area contributed by atoms with Crippen molar-refractivity contribution in [1.29, 1.82) is 0 Å². The van der Waals surface area contributed by atoms with Gasteiger partial charge in [-0.1, -0.05) is 51.1 Å². The molecule has 0 saturated carbocycles. The Hall–Kier alpha value is -2.82. The fourth-order valence-corrected chi connectivity index (χ4v) is 3.25. The summed E-state index contributed by atoms with van der Waals surface area (Å²) in [5.41, 5.74) is 3.88. The van der Waals surface area contributed by atoms with Crippen LogP contribution in [0.2, 0.25) is 0 Å². The van der Waals surface area contributed by atoms with E-state index in [1.54, 1.807) is 0 Å². The lowest BCUT2D eigenvalue weighted by Gasteiger charge is -2.31. The van der Waals surface area contributed by atoms with Crippen LogP contribution in [0.25, 0.3) is 0 Å². The quantitative estimate of drug-likeness (QED) is 0.695. The van der Waals surface area contributed by atoms with E-state index in [-0.39, 0.29) is 23.8 Å². The summed E-state index contributed by atoms with van der Waals surface area (Å²) in [5, 5.41) is 2.96. The van der Waals surface area contributed by atoms with Gasteiger partial charge in [-0.3, -0.25) is 9.59 Å². The molecule has 2 amide bonds. The number of hydrogen-bond donors (Lipinski definition) is 1. The number of hydrogen-bond acceptors (Lipinski definition) is 3. The minimum absolute atomic E-state index is 0.0207. The number of carbonyl (C=O) groups is 2. The third-order valence-electron chi connectivity index (χ3n) is 5.07. The summed E-state index contributed by atoms with van der Waals surface area (Å²) in [5.74, 6) is -0.0152. The molecule has 1 atom stereocenters. The van der Waals surface area contributed by atoms with E-state index in [1.807, 2.05) is 93.2 Å². The molecule has 5 nitrogen and oxygen atoms in total. The van der Waals surface area contributed by atoms with Gasteiger partial charge in [-0.05, 0) is 36.2 Å². The molecule has 0 bridgehead atoms. The molecule has 2 rings (SSSR count). The Morgan fingerprint density at radius 1 is 1.00 bits per heavy atom. The number of rotatable bonds is 8. The summed E-state index contributed by atoms with van der Waals surface area (Å²) in [6.45, 7) is 8.16. The Kier molecular flexibility index (Phi) is 7.82. The maximum atomic E-state index is 12.8. The van der Waals surface area contributed by atoms with E-state index in [1.165, 1.54) is 0 Å². The number of carbonyl (C=O) groups excluding carboxylic acids is 2. The first-order valence-corrected chi connectivity index (χ1v) is 10.2. The zero-order valence-corrected chi connectivity index (χ0v) is 18.4. The molecule has 0 saturated heterocycles. The SMILES string of the molecule is CCC(=O)N(Cc1cc(NC(=O)C(C)C)ccc1N(C)C)C(C)c1ccccc1. The van der Waals surface area contributed by atoms with E-state index in [0.29, 0.717) is 13.0 Å². The van der Waals surface area contributed by atoms with Crippen molar-refractivity contribution in [3.63, 3.8) is 0 Å². The van der Waals surface area contributed by atoms with Crippen LogP contribution in [-0.4, -0.2) is 30.8 Å². The molecule has 1 N–H and O–H groups in total. The fourth-order valence-electron chi connectivity index (χ4n) is 3.25. The molecule has 1 unspecified atom stereocenters. The van der Waals surface area contributed by atoms with Gasteiger partial charge in [0.25, 0.3) is 0 Å². The lowest BCUT2D eigenvalue weighted by molar-refractivity contribution is -0.133. The Morgan fingerprint density at radius 3 is 2.21 bits per heavy atom. The third-order valence-corrected chi connectivity index (χ3v) is 5.07. The highest BCUT2D eigenvalue weighted by Gasteiger charge is 2.22. The molecule has 5 heteroatoms. The molecule has 0 radical (unpaired) electrons. The Morgan fingerprint density at radius 2 is 1.66 bits per heavy atom. The number of nitrogens with one attached hydrogen (secondary N) is 1. The first kappa shape index (κ1) is 22.5. The maximum Gasteiger partial charge on any atom is 0.226 e. The lowest BCUT2D eigenvalue weighted by Crippen LogP contribution is -2.33. The molecule has 2 aromatic rings. The highest BCUT2D eigenvalue weighted by Crippen LogP contribution is 2.29. The molecule has 156 valence electrons. The van der Waals surface area contributed by atoms with Gasteiger partial charge in [0.1, 0.15) is 0 Å². The second-order valence-corrected chi connectivity index (χ2v) is 7.84. The van der Waals surface area contributed by atoms with E-state index < -0.39 is 0 Å². The van der Waals surface area contributed by atoms with Crippen molar-refractivity contribution in [2.24, 2.45) is 5.92 Å². The summed E-state index contributed by atoms with van der Waals surface area (Å²) < 4.78 is 0. The van der Waals surface area contributed by atoms with Crippen LogP contribution in [0.15, 0.2) is 48.5 Å². The standard InChI is InChI=1S/C24H33N3O2/c1-7-23(28)27(18(4)19-11-9-8-10-12-19)16-20-15-21(25-24(29)17(2)3)13-14-22(20)26(5)6/h8-15,17-18H,7,16H2,1-6H3,(H,25,29). The minimum Gasteiger partial charge on any atom is -0.377 e. The zero-order valence-electron chi connectivity index (χ0n) is 18.4. The summed E-state index contributed by atoms with van der Waals surface area (Å²) in [7, 11) is 3.97. The Labute approximate surface area is 174 Å². The molecule has 0 aromatic heterocycles. The van der Waals surface area contributed by atoms with Gasteiger partial charge in [0.05, 0.1) is 6.04 Å². The van der Waals surface area contributed by atoms with Crippen molar-refractivity contribution in [2.75, 3.05) is 24.3 Å². The second kappa shape index (κ2) is 10.1. The van der Waals surface area contributed by atoms with Crippen molar-refractivity contribution in [3.05, 3.63) is 59.7 Å². The predicted molar refractivity (Wildman–Crippen MR) is 120 cm³/mol. The van der Waals surface area contributed by atoms with E-state index in [4.69, 9.17) is 0 Å². The van der Waals surface area contributed by atoms with Gasteiger partial charge >= 0.3 is 0 Å². The van der Waals surface area contributed by atoms with Crippen LogP contribution in [0, 0.1) is 5.92 Å². The largest absolute Gasteiger partial charge is 0.377 e. The molecular weight excluding hydrogens is 362 g/mol. The van der Waals surface area contributed by atoms with E-state index in [9.17, 15) is 9.59 Å². The summed E-state index contributed by atoms with van der Waals surface area (Å²) in [6, 6.07) is 15.9. The number of nitrogens with zero attached hydrogens (tertiary/aromatic N) is 2. The monoisotopic (exact) mass is 395 g/mol. The number of benzene rings is 2. The summed E-state index contributed by atoms with van der Waals surface area (Å²) in [4.78, 5) is 28.9. The van der Waals surface area contributed by atoms with Crippen LogP contribution in [0.5, 0.6) is 0 Å². The highest BCUT2D eigenvalue weighted by molar-refractivity contribution is 5.92. The third kappa shape index (κ3) is 5.83. The molecule has 0 aliphatic rings. The smallest absolute Gasteiger partial charge is 0.226 e. The fraction of sp³-hybridized carbons (Fsp3) is 0.417. The van der Waals surface area contributed by atoms with Crippen LogP contribution < -0.4 is 10.2 Å². The molecule has 0 aliphatic heterocycles. The van der Waals surface area contributed by atoms with Gasteiger partial charge in [0, 0.05) is 44.4 Å². The highest BCUT2D eigenvalue weighted by atomic mass is 16.2. The Balaban J connectivity index is 2.39. The van der Waals surface area contributed by atoms with E-state index in [2.05, 4.69) is 12.2 Å². The average molecular weight is 396 g/mol. The predicted octanol–water partition coefficient (Wildman–Crippen LogP) is 4.85. The van der Waals surface area contributed by atoms with Crippen LogP contribution in [-0.2, 0) is 16.1 Å². The van der Waals surface area contributed by atoms with Crippen LogP contribution >= 0.6 is 0 Å². The van der Waals surface area contributed by atoms with Crippen LogP contribution in [0.1, 0.15) is 51.3 Å². The average Bonchev–Trinajstić information content (AvgIpc) is 2.71. The minimum atomic E-state index is -0.0942. The Bertz CT molecular complexity index is 831. The lowest BCUT2D eigenvalue weighted by atomic mass is 10.0. The van der Waals surface area contributed by atoms with Crippen molar-refractivity contribution in [1.82, 2.24) is 4.90 Å². The number of amides is 2. The van der Waals surface area contributed by atoms with Gasteiger partial charge in [0.2, 0.25) is 11.8 Å². The summed E-state index contributed by atoms with van der Waals surface area (Å²) in [6.07, 6.45) is 0.443. The zero-order chi connectivity index (χ0) is 21.6.